The number of ether oxygens (including phenoxy) is 1. The van der Waals surface area contributed by atoms with Gasteiger partial charge in [0.2, 0.25) is 5.91 Å². The maximum Gasteiger partial charge on any atom is 0.221 e. The fourth-order valence-corrected chi connectivity index (χ4v) is 5.25. The van der Waals surface area contributed by atoms with Gasteiger partial charge >= 0.3 is 0 Å². The third-order valence-corrected chi connectivity index (χ3v) is 7.70. The third kappa shape index (κ3) is 10.1. The van der Waals surface area contributed by atoms with Crippen molar-refractivity contribution < 1.29 is 9.53 Å². The highest BCUT2D eigenvalue weighted by Crippen LogP contribution is 2.35. The standard InChI is InChI=1S/C37H51N3O2/c1-7-10-11-12-13-14-15-16-23-42-36-22-21-34(26-35(36)27(4)5)39-40-37-29(8-2)24-32(25-30(37)9-3)31-17-19-33(20-18-31)38-28(6)41/h17-22,24-27H,7-16,23H2,1-6H3,(H,38,41). The number of azo groups is 1. The average molecular weight is 570 g/mol. The summed E-state index contributed by atoms with van der Waals surface area (Å²) >= 11 is 0. The zero-order chi connectivity index (χ0) is 30.3. The van der Waals surface area contributed by atoms with Crippen molar-refractivity contribution >= 4 is 23.0 Å². The molecule has 0 unspecified atom stereocenters. The number of nitrogens with one attached hydrogen (secondary N) is 1. The molecule has 0 atom stereocenters. The van der Waals surface area contributed by atoms with E-state index < -0.39 is 0 Å². The first kappa shape index (κ1) is 33.0. The highest BCUT2D eigenvalue weighted by Gasteiger charge is 2.12. The van der Waals surface area contributed by atoms with E-state index in [-0.39, 0.29) is 5.91 Å². The molecule has 0 fully saturated rings. The number of unbranched alkanes of at least 4 members (excludes halogenated alkanes) is 7. The number of aryl methyl sites for hydroxylation is 2. The van der Waals surface area contributed by atoms with Crippen molar-refractivity contribution in [3.8, 4) is 16.9 Å². The summed E-state index contributed by atoms with van der Waals surface area (Å²) in [4.78, 5) is 11.4. The lowest BCUT2D eigenvalue weighted by atomic mass is 9.95. The van der Waals surface area contributed by atoms with Crippen LogP contribution in [0.5, 0.6) is 5.75 Å². The smallest absolute Gasteiger partial charge is 0.221 e. The summed E-state index contributed by atoms with van der Waals surface area (Å²) in [7, 11) is 0. The van der Waals surface area contributed by atoms with Gasteiger partial charge in [-0.2, -0.15) is 5.11 Å². The molecule has 0 aliphatic heterocycles. The van der Waals surface area contributed by atoms with Gasteiger partial charge in [-0.3, -0.25) is 4.79 Å². The quantitative estimate of drug-likeness (QED) is 0.130. The number of hydrogen-bond donors (Lipinski definition) is 1. The number of nitrogens with zero attached hydrogens (tertiary/aromatic N) is 2. The zero-order valence-corrected chi connectivity index (χ0v) is 26.8. The molecule has 3 aromatic rings. The van der Waals surface area contributed by atoms with Crippen molar-refractivity contribution in [2.24, 2.45) is 10.2 Å². The van der Waals surface area contributed by atoms with Crippen LogP contribution >= 0.6 is 0 Å². The molecule has 1 amide bonds. The Hall–Kier alpha value is -3.47. The molecule has 3 aromatic carbocycles. The van der Waals surface area contributed by atoms with Crippen LogP contribution in [0.1, 0.15) is 116 Å². The maximum absolute atomic E-state index is 11.4. The van der Waals surface area contributed by atoms with Crippen LogP contribution < -0.4 is 10.1 Å². The molecule has 0 bridgehead atoms. The van der Waals surface area contributed by atoms with Crippen molar-refractivity contribution in [3.63, 3.8) is 0 Å². The van der Waals surface area contributed by atoms with Crippen molar-refractivity contribution in [1.29, 1.82) is 0 Å². The topological polar surface area (TPSA) is 63.1 Å². The molecule has 226 valence electrons. The lowest BCUT2D eigenvalue weighted by Gasteiger charge is -2.15. The summed E-state index contributed by atoms with van der Waals surface area (Å²) in [6.07, 6.45) is 12.1. The van der Waals surface area contributed by atoms with Gasteiger partial charge in [0.1, 0.15) is 5.75 Å². The van der Waals surface area contributed by atoms with E-state index in [4.69, 9.17) is 15.0 Å². The fraction of sp³-hybridized carbons (Fsp3) is 0.486. The Labute approximate surface area is 254 Å². The van der Waals surface area contributed by atoms with Crippen LogP contribution in [0, 0.1) is 0 Å². The lowest BCUT2D eigenvalue weighted by molar-refractivity contribution is -0.114. The number of hydrogen-bond acceptors (Lipinski definition) is 4. The summed E-state index contributed by atoms with van der Waals surface area (Å²) in [6.45, 7) is 13.3. The van der Waals surface area contributed by atoms with Gasteiger partial charge in [-0.25, -0.2) is 0 Å². The summed E-state index contributed by atoms with van der Waals surface area (Å²) in [5.41, 5.74) is 8.39. The van der Waals surface area contributed by atoms with Crippen molar-refractivity contribution in [3.05, 3.63) is 71.3 Å². The van der Waals surface area contributed by atoms with Crippen LogP contribution in [0.2, 0.25) is 0 Å². The van der Waals surface area contributed by atoms with E-state index in [9.17, 15) is 4.79 Å². The van der Waals surface area contributed by atoms with E-state index in [1.165, 1.54) is 68.6 Å². The van der Waals surface area contributed by atoms with Gasteiger partial charge in [0.05, 0.1) is 18.0 Å². The summed E-state index contributed by atoms with van der Waals surface area (Å²) < 4.78 is 6.22. The molecular weight excluding hydrogens is 518 g/mol. The molecule has 42 heavy (non-hydrogen) atoms. The second-order valence-corrected chi connectivity index (χ2v) is 11.5. The van der Waals surface area contributed by atoms with E-state index in [0.29, 0.717) is 5.92 Å². The molecule has 3 rings (SSSR count). The summed E-state index contributed by atoms with van der Waals surface area (Å²) in [5.74, 6) is 1.23. The number of amides is 1. The van der Waals surface area contributed by atoms with Crippen LogP contribution in [0.4, 0.5) is 17.1 Å². The first-order valence-corrected chi connectivity index (χ1v) is 16.1. The molecule has 0 aliphatic carbocycles. The maximum atomic E-state index is 11.4. The van der Waals surface area contributed by atoms with Gasteiger partial charge in [0, 0.05) is 12.6 Å². The largest absolute Gasteiger partial charge is 0.493 e. The molecule has 0 aliphatic rings. The Morgan fingerprint density at radius 1 is 0.762 bits per heavy atom. The predicted octanol–water partition coefficient (Wildman–Crippen LogP) is 11.5. The van der Waals surface area contributed by atoms with Crippen LogP contribution in [0.25, 0.3) is 11.1 Å². The average Bonchev–Trinajstić information content (AvgIpc) is 2.99. The van der Waals surface area contributed by atoms with Crippen LogP contribution in [-0.2, 0) is 17.6 Å². The molecule has 5 nitrogen and oxygen atoms in total. The van der Waals surface area contributed by atoms with Crippen LogP contribution in [0.3, 0.4) is 0 Å². The molecular formula is C37H51N3O2. The molecule has 0 heterocycles. The number of benzene rings is 3. The Kier molecular flexibility index (Phi) is 13.7. The zero-order valence-electron chi connectivity index (χ0n) is 26.8. The highest BCUT2D eigenvalue weighted by atomic mass is 16.5. The fourth-order valence-electron chi connectivity index (χ4n) is 5.25. The highest BCUT2D eigenvalue weighted by molar-refractivity contribution is 5.89. The van der Waals surface area contributed by atoms with Crippen molar-refractivity contribution in [1.82, 2.24) is 0 Å². The van der Waals surface area contributed by atoms with E-state index >= 15 is 0 Å². The second-order valence-electron chi connectivity index (χ2n) is 11.5. The van der Waals surface area contributed by atoms with E-state index in [1.807, 2.05) is 30.3 Å². The first-order valence-electron chi connectivity index (χ1n) is 16.1. The lowest BCUT2D eigenvalue weighted by Crippen LogP contribution is -2.05. The summed E-state index contributed by atoms with van der Waals surface area (Å²) in [5, 5.41) is 12.3. The van der Waals surface area contributed by atoms with E-state index in [0.717, 1.165) is 59.8 Å². The molecule has 5 heteroatoms. The summed E-state index contributed by atoms with van der Waals surface area (Å²) in [6, 6.07) is 18.6. The Balaban J connectivity index is 1.71. The van der Waals surface area contributed by atoms with Gasteiger partial charge in [-0.1, -0.05) is 91.7 Å². The minimum Gasteiger partial charge on any atom is -0.493 e. The SMILES string of the molecule is CCCCCCCCCCOc1ccc(N=Nc2c(CC)cc(-c3ccc(NC(C)=O)cc3)cc2CC)cc1C(C)C. The second kappa shape index (κ2) is 17.5. The minimum atomic E-state index is -0.0690. The molecule has 0 spiro atoms. The molecule has 0 radical (unpaired) electrons. The molecule has 0 saturated carbocycles. The van der Waals surface area contributed by atoms with Crippen LogP contribution in [0.15, 0.2) is 64.8 Å². The number of rotatable bonds is 17. The van der Waals surface area contributed by atoms with Crippen molar-refractivity contribution in [2.75, 3.05) is 11.9 Å². The number of carbonyl (C=O) groups excluding carboxylic acids is 1. The molecule has 0 saturated heterocycles. The Morgan fingerprint density at radius 3 is 1.95 bits per heavy atom. The van der Waals surface area contributed by atoms with Gasteiger partial charge < -0.3 is 10.1 Å². The number of carbonyl (C=O) groups is 1. The minimum absolute atomic E-state index is 0.0690. The molecule has 0 aromatic heterocycles. The number of anilines is 1. The van der Waals surface area contributed by atoms with Crippen LogP contribution in [-0.4, -0.2) is 12.5 Å². The van der Waals surface area contributed by atoms with E-state index in [2.05, 4.69) is 64.2 Å². The first-order chi connectivity index (χ1) is 20.4. The van der Waals surface area contributed by atoms with E-state index in [1.54, 1.807) is 0 Å². The van der Waals surface area contributed by atoms with Gasteiger partial charge in [0.25, 0.3) is 0 Å². The van der Waals surface area contributed by atoms with Crippen molar-refractivity contribution in [2.45, 2.75) is 112 Å². The van der Waals surface area contributed by atoms with Gasteiger partial charge in [-0.05, 0) is 95.5 Å². The van der Waals surface area contributed by atoms with Gasteiger partial charge in [-0.15, -0.1) is 5.11 Å². The Bertz CT molecular complexity index is 1270. The normalized spacial score (nSPS) is 11.4. The Morgan fingerprint density at radius 2 is 1.38 bits per heavy atom. The predicted molar refractivity (Wildman–Crippen MR) is 178 cm³/mol. The molecule has 1 N–H and O–H groups in total. The monoisotopic (exact) mass is 569 g/mol. The van der Waals surface area contributed by atoms with Gasteiger partial charge in [0.15, 0.2) is 0 Å². The third-order valence-electron chi connectivity index (χ3n) is 7.70.